The van der Waals surface area contributed by atoms with Gasteiger partial charge in [-0.1, -0.05) is 0 Å². The number of hydrogen-bond donors (Lipinski definition) is 0. The number of amides is 1. The van der Waals surface area contributed by atoms with Crippen molar-refractivity contribution in [2.75, 3.05) is 20.2 Å². The first-order valence-corrected chi connectivity index (χ1v) is 6.81. The molecule has 5 heteroatoms. The van der Waals surface area contributed by atoms with Gasteiger partial charge in [0.15, 0.2) is 0 Å². The molecular formula is C14H19N3O2. The van der Waals surface area contributed by atoms with Crippen LogP contribution in [-0.2, 0) is 4.74 Å². The maximum atomic E-state index is 12.3. The number of piperidine rings is 1. The average Bonchev–Trinajstić information content (AvgIpc) is 2.45. The number of ether oxygens (including phenoxy) is 1. The summed E-state index contributed by atoms with van der Waals surface area (Å²) in [5.41, 5.74) is 1.07. The van der Waals surface area contributed by atoms with Crippen LogP contribution in [0.2, 0.25) is 0 Å². The molecule has 5 nitrogen and oxygen atoms in total. The van der Waals surface area contributed by atoms with E-state index in [-0.39, 0.29) is 5.91 Å². The summed E-state index contributed by atoms with van der Waals surface area (Å²) in [4.78, 5) is 14.2. The van der Waals surface area contributed by atoms with Gasteiger partial charge in [-0.15, -0.1) is 0 Å². The molecule has 0 N–H and O–H groups in total. The number of carbonyl (C=O) groups excluding carboxylic acids is 1. The van der Waals surface area contributed by atoms with Crippen molar-refractivity contribution in [3.63, 3.8) is 0 Å². The number of likely N-dealkylation sites (tertiary alicyclic amines) is 1. The highest BCUT2D eigenvalue weighted by Gasteiger charge is 2.46. The molecule has 2 fully saturated rings. The van der Waals surface area contributed by atoms with Gasteiger partial charge in [-0.3, -0.25) is 4.79 Å². The van der Waals surface area contributed by atoms with Gasteiger partial charge >= 0.3 is 0 Å². The Hall–Kier alpha value is -1.49. The minimum atomic E-state index is 0.0763. The van der Waals surface area contributed by atoms with E-state index in [4.69, 9.17) is 4.74 Å². The molecule has 1 aromatic heterocycles. The van der Waals surface area contributed by atoms with Crippen molar-refractivity contribution in [2.24, 2.45) is 5.41 Å². The SMILES string of the molecule is COC1CC2(CCN(C(=O)c3ccnnc3)CC2)C1. The van der Waals surface area contributed by atoms with Crippen LogP contribution >= 0.6 is 0 Å². The third kappa shape index (κ3) is 2.34. The van der Waals surface area contributed by atoms with E-state index in [1.54, 1.807) is 19.4 Å². The summed E-state index contributed by atoms with van der Waals surface area (Å²) in [7, 11) is 1.78. The molecule has 1 aromatic rings. The Bertz CT molecular complexity index is 447. The van der Waals surface area contributed by atoms with Crippen molar-refractivity contribution in [2.45, 2.75) is 31.8 Å². The number of hydrogen-bond acceptors (Lipinski definition) is 4. The molecule has 0 unspecified atom stereocenters. The topological polar surface area (TPSA) is 55.3 Å². The number of rotatable bonds is 2. The van der Waals surface area contributed by atoms with Crippen LogP contribution in [0.5, 0.6) is 0 Å². The zero-order valence-electron chi connectivity index (χ0n) is 11.2. The molecule has 0 atom stereocenters. The van der Waals surface area contributed by atoms with Gasteiger partial charge in [0, 0.05) is 20.2 Å². The van der Waals surface area contributed by atoms with Crippen molar-refractivity contribution < 1.29 is 9.53 Å². The number of carbonyl (C=O) groups is 1. The molecule has 1 aliphatic carbocycles. The van der Waals surface area contributed by atoms with Crippen molar-refractivity contribution >= 4 is 5.91 Å². The Morgan fingerprint density at radius 3 is 2.68 bits per heavy atom. The van der Waals surface area contributed by atoms with E-state index in [1.165, 1.54) is 6.20 Å². The van der Waals surface area contributed by atoms with Crippen molar-refractivity contribution in [1.29, 1.82) is 0 Å². The normalized spacial score (nSPS) is 22.3. The molecule has 0 radical (unpaired) electrons. The first-order valence-electron chi connectivity index (χ1n) is 6.81. The van der Waals surface area contributed by atoms with E-state index >= 15 is 0 Å². The zero-order valence-corrected chi connectivity index (χ0v) is 11.2. The summed E-state index contributed by atoms with van der Waals surface area (Å²) < 4.78 is 5.36. The molecule has 1 amide bonds. The lowest BCUT2D eigenvalue weighted by Crippen LogP contribution is -2.50. The molecule has 2 aliphatic rings. The van der Waals surface area contributed by atoms with Crippen LogP contribution in [0.3, 0.4) is 0 Å². The average molecular weight is 261 g/mol. The van der Waals surface area contributed by atoms with Crippen LogP contribution < -0.4 is 0 Å². The Balaban J connectivity index is 1.58. The second kappa shape index (κ2) is 4.89. The first kappa shape index (κ1) is 12.5. The fourth-order valence-corrected chi connectivity index (χ4v) is 3.26. The molecule has 1 aliphatic heterocycles. The Morgan fingerprint density at radius 1 is 1.37 bits per heavy atom. The predicted molar refractivity (Wildman–Crippen MR) is 69.6 cm³/mol. The second-order valence-corrected chi connectivity index (χ2v) is 5.69. The van der Waals surface area contributed by atoms with Crippen molar-refractivity contribution in [3.05, 3.63) is 24.0 Å². The van der Waals surface area contributed by atoms with E-state index in [9.17, 15) is 4.79 Å². The highest BCUT2D eigenvalue weighted by Crippen LogP contribution is 2.50. The van der Waals surface area contributed by atoms with Crippen LogP contribution in [0.4, 0.5) is 0 Å². The van der Waals surface area contributed by atoms with E-state index in [0.29, 0.717) is 17.1 Å². The largest absolute Gasteiger partial charge is 0.381 e. The lowest BCUT2D eigenvalue weighted by atomic mass is 9.61. The molecule has 1 saturated carbocycles. The highest BCUT2D eigenvalue weighted by molar-refractivity contribution is 5.93. The van der Waals surface area contributed by atoms with E-state index in [1.807, 2.05) is 4.90 Å². The molecule has 19 heavy (non-hydrogen) atoms. The van der Waals surface area contributed by atoms with Gasteiger partial charge in [-0.05, 0) is 37.2 Å². The first-order chi connectivity index (χ1) is 9.22. The minimum Gasteiger partial charge on any atom is -0.381 e. The number of methoxy groups -OCH3 is 1. The van der Waals surface area contributed by atoms with Crippen LogP contribution in [0.1, 0.15) is 36.0 Å². The molecule has 0 aromatic carbocycles. The quantitative estimate of drug-likeness (QED) is 0.809. The van der Waals surface area contributed by atoms with Gasteiger partial charge in [0.05, 0.1) is 24.1 Å². The van der Waals surface area contributed by atoms with Crippen molar-refractivity contribution in [1.82, 2.24) is 15.1 Å². The number of aromatic nitrogens is 2. The minimum absolute atomic E-state index is 0.0763. The summed E-state index contributed by atoms with van der Waals surface area (Å²) in [5.74, 6) is 0.0763. The molecule has 1 spiro atoms. The third-order valence-corrected chi connectivity index (χ3v) is 4.60. The molecule has 0 bridgehead atoms. The lowest BCUT2D eigenvalue weighted by Gasteiger charge is -2.51. The molecule has 102 valence electrons. The maximum Gasteiger partial charge on any atom is 0.255 e. The summed E-state index contributed by atoms with van der Waals surface area (Å²) in [6.45, 7) is 1.69. The van der Waals surface area contributed by atoms with Crippen LogP contribution in [0, 0.1) is 5.41 Å². The fraction of sp³-hybridized carbons (Fsp3) is 0.643. The van der Waals surface area contributed by atoms with Gasteiger partial charge in [0.25, 0.3) is 5.91 Å². The standard InChI is InChI=1S/C14H19N3O2/c1-19-12-8-14(9-12)3-6-17(7-4-14)13(18)11-2-5-15-16-10-11/h2,5,10,12H,3-4,6-9H2,1H3. The Labute approximate surface area is 113 Å². The van der Waals surface area contributed by atoms with E-state index in [2.05, 4.69) is 10.2 Å². The van der Waals surface area contributed by atoms with Gasteiger partial charge in [0.1, 0.15) is 0 Å². The smallest absolute Gasteiger partial charge is 0.255 e. The molecule has 3 rings (SSSR count). The second-order valence-electron chi connectivity index (χ2n) is 5.69. The van der Waals surface area contributed by atoms with E-state index in [0.717, 1.165) is 38.8 Å². The molecule has 1 saturated heterocycles. The Kier molecular flexibility index (Phi) is 3.22. The zero-order chi connectivity index (χ0) is 13.3. The van der Waals surface area contributed by atoms with E-state index < -0.39 is 0 Å². The summed E-state index contributed by atoms with van der Waals surface area (Å²) in [5, 5.41) is 7.46. The molecule has 2 heterocycles. The summed E-state index contributed by atoms with van der Waals surface area (Å²) >= 11 is 0. The van der Waals surface area contributed by atoms with Crippen LogP contribution in [-0.4, -0.2) is 47.3 Å². The predicted octanol–water partition coefficient (Wildman–Crippen LogP) is 1.51. The third-order valence-electron chi connectivity index (χ3n) is 4.60. The molecular weight excluding hydrogens is 242 g/mol. The number of nitrogens with zero attached hydrogens (tertiary/aromatic N) is 3. The van der Waals surface area contributed by atoms with Gasteiger partial charge < -0.3 is 9.64 Å². The Morgan fingerprint density at radius 2 is 2.11 bits per heavy atom. The van der Waals surface area contributed by atoms with Gasteiger partial charge in [0.2, 0.25) is 0 Å². The van der Waals surface area contributed by atoms with Crippen LogP contribution in [0.25, 0.3) is 0 Å². The van der Waals surface area contributed by atoms with Gasteiger partial charge in [-0.2, -0.15) is 10.2 Å². The van der Waals surface area contributed by atoms with Crippen molar-refractivity contribution in [3.8, 4) is 0 Å². The fourth-order valence-electron chi connectivity index (χ4n) is 3.26. The van der Waals surface area contributed by atoms with Crippen LogP contribution in [0.15, 0.2) is 18.5 Å². The highest BCUT2D eigenvalue weighted by atomic mass is 16.5. The maximum absolute atomic E-state index is 12.3. The lowest BCUT2D eigenvalue weighted by molar-refractivity contribution is -0.0841. The summed E-state index contributed by atoms with van der Waals surface area (Å²) in [6, 6.07) is 1.73. The summed E-state index contributed by atoms with van der Waals surface area (Å²) in [6.07, 6.45) is 8.04. The monoisotopic (exact) mass is 261 g/mol. The van der Waals surface area contributed by atoms with Gasteiger partial charge in [-0.25, -0.2) is 0 Å².